The van der Waals surface area contributed by atoms with E-state index in [4.69, 9.17) is 0 Å². The second-order valence-corrected chi connectivity index (χ2v) is 5.93. The van der Waals surface area contributed by atoms with Gasteiger partial charge in [-0.2, -0.15) is 0 Å². The maximum atomic E-state index is 3.63. The summed E-state index contributed by atoms with van der Waals surface area (Å²) in [6.45, 7) is 12.3. The zero-order chi connectivity index (χ0) is 13.5. The maximum absolute atomic E-state index is 3.63. The largest absolute Gasteiger partial charge is 0.310 e. The minimum Gasteiger partial charge on any atom is -0.310 e. The summed E-state index contributed by atoms with van der Waals surface area (Å²) in [6, 6.07) is 7.20. The molecule has 0 fully saturated rings. The van der Waals surface area contributed by atoms with Crippen LogP contribution in [0.4, 0.5) is 0 Å². The van der Waals surface area contributed by atoms with Crippen molar-refractivity contribution < 1.29 is 0 Å². The first kappa shape index (κ1) is 15.2. The molecule has 1 aromatic carbocycles. The molecule has 0 aromatic heterocycles. The third kappa shape index (κ3) is 5.22. The fourth-order valence-corrected chi connectivity index (χ4v) is 2.42. The van der Waals surface area contributed by atoms with Crippen LogP contribution >= 0.6 is 0 Å². The van der Waals surface area contributed by atoms with Gasteiger partial charge in [-0.15, -0.1) is 0 Å². The number of rotatable bonds is 7. The molecule has 1 N–H and O–H groups in total. The topological polar surface area (TPSA) is 12.0 Å². The minimum atomic E-state index is 0.463. The normalized spacial score (nSPS) is 13.0. The lowest BCUT2D eigenvalue weighted by Crippen LogP contribution is -2.20. The zero-order valence-electron chi connectivity index (χ0n) is 12.7. The van der Waals surface area contributed by atoms with Crippen molar-refractivity contribution in [2.45, 2.75) is 59.9 Å². The fraction of sp³-hybridized carbons (Fsp3) is 0.647. The Morgan fingerprint density at radius 1 is 1.06 bits per heavy atom. The molecule has 1 nitrogen and oxygen atoms in total. The number of benzene rings is 1. The molecule has 18 heavy (non-hydrogen) atoms. The average molecular weight is 247 g/mol. The van der Waals surface area contributed by atoms with E-state index < -0.39 is 0 Å². The van der Waals surface area contributed by atoms with Gasteiger partial charge in [-0.05, 0) is 50.8 Å². The standard InChI is InChI=1S/C17H29N/c1-13(2)8-6-7-11-18-16(5)17-10-9-14(3)12-15(17)4/h9-10,12-13,16,18H,6-8,11H2,1-5H3. The number of hydrogen-bond acceptors (Lipinski definition) is 1. The smallest absolute Gasteiger partial charge is 0.0294 e. The maximum Gasteiger partial charge on any atom is 0.0294 e. The molecule has 1 heteroatoms. The molecule has 0 bridgehead atoms. The monoisotopic (exact) mass is 247 g/mol. The van der Waals surface area contributed by atoms with Crippen LogP contribution in [0, 0.1) is 19.8 Å². The van der Waals surface area contributed by atoms with Crippen LogP contribution in [0.1, 0.15) is 62.8 Å². The van der Waals surface area contributed by atoms with E-state index in [1.807, 2.05) is 0 Å². The van der Waals surface area contributed by atoms with Crippen LogP contribution < -0.4 is 5.32 Å². The summed E-state index contributed by atoms with van der Waals surface area (Å²) in [7, 11) is 0. The van der Waals surface area contributed by atoms with E-state index in [1.165, 1.54) is 36.0 Å². The summed E-state index contributed by atoms with van der Waals surface area (Å²) < 4.78 is 0. The van der Waals surface area contributed by atoms with Crippen molar-refractivity contribution in [2.24, 2.45) is 5.92 Å². The van der Waals surface area contributed by atoms with Crippen LogP contribution in [-0.4, -0.2) is 6.54 Å². The van der Waals surface area contributed by atoms with Crippen molar-refractivity contribution in [3.05, 3.63) is 34.9 Å². The van der Waals surface area contributed by atoms with Gasteiger partial charge in [0.05, 0.1) is 0 Å². The third-order valence-electron chi connectivity index (χ3n) is 3.55. The molecule has 0 amide bonds. The SMILES string of the molecule is Cc1ccc(C(C)NCCCCC(C)C)c(C)c1. The predicted molar refractivity (Wildman–Crippen MR) is 81.0 cm³/mol. The van der Waals surface area contributed by atoms with Crippen LogP contribution in [0.2, 0.25) is 0 Å². The summed E-state index contributed by atoms with van der Waals surface area (Å²) in [6.07, 6.45) is 3.97. The van der Waals surface area contributed by atoms with Crippen molar-refractivity contribution in [3.63, 3.8) is 0 Å². The van der Waals surface area contributed by atoms with Crippen LogP contribution in [0.3, 0.4) is 0 Å². The van der Waals surface area contributed by atoms with Crippen molar-refractivity contribution >= 4 is 0 Å². The van der Waals surface area contributed by atoms with E-state index in [0.717, 1.165) is 12.5 Å². The molecule has 1 unspecified atom stereocenters. The van der Waals surface area contributed by atoms with Gasteiger partial charge in [0.25, 0.3) is 0 Å². The van der Waals surface area contributed by atoms with E-state index in [2.05, 4.69) is 58.1 Å². The zero-order valence-corrected chi connectivity index (χ0v) is 12.7. The van der Waals surface area contributed by atoms with Gasteiger partial charge >= 0.3 is 0 Å². The van der Waals surface area contributed by atoms with Gasteiger partial charge < -0.3 is 5.32 Å². The molecule has 0 saturated heterocycles. The Morgan fingerprint density at radius 2 is 1.78 bits per heavy atom. The van der Waals surface area contributed by atoms with Crippen molar-refractivity contribution in [1.29, 1.82) is 0 Å². The molecule has 0 spiro atoms. The Balaban J connectivity index is 2.34. The molecular formula is C17H29N. The summed E-state index contributed by atoms with van der Waals surface area (Å²) in [5.74, 6) is 0.835. The molecule has 1 aromatic rings. The number of nitrogens with one attached hydrogen (secondary N) is 1. The summed E-state index contributed by atoms with van der Waals surface area (Å²) >= 11 is 0. The molecule has 0 aliphatic rings. The molecule has 0 aliphatic heterocycles. The molecule has 0 radical (unpaired) electrons. The molecule has 1 rings (SSSR count). The first-order valence-electron chi connectivity index (χ1n) is 7.31. The van der Waals surface area contributed by atoms with Gasteiger partial charge in [-0.25, -0.2) is 0 Å². The lowest BCUT2D eigenvalue weighted by Gasteiger charge is -2.17. The fourth-order valence-electron chi connectivity index (χ4n) is 2.42. The van der Waals surface area contributed by atoms with E-state index in [-0.39, 0.29) is 0 Å². The van der Waals surface area contributed by atoms with E-state index in [0.29, 0.717) is 6.04 Å². The minimum absolute atomic E-state index is 0.463. The highest BCUT2D eigenvalue weighted by Gasteiger charge is 2.07. The molecule has 0 aliphatic carbocycles. The Morgan fingerprint density at radius 3 is 2.39 bits per heavy atom. The Labute approximate surface area is 113 Å². The summed E-state index contributed by atoms with van der Waals surface area (Å²) in [4.78, 5) is 0. The van der Waals surface area contributed by atoms with E-state index >= 15 is 0 Å². The average Bonchev–Trinajstić information content (AvgIpc) is 2.27. The van der Waals surface area contributed by atoms with E-state index in [1.54, 1.807) is 0 Å². The van der Waals surface area contributed by atoms with Crippen molar-refractivity contribution in [3.8, 4) is 0 Å². The number of unbranched alkanes of at least 4 members (excludes halogenated alkanes) is 1. The van der Waals surface area contributed by atoms with Gasteiger partial charge in [-0.1, -0.05) is 50.5 Å². The van der Waals surface area contributed by atoms with Crippen LogP contribution in [-0.2, 0) is 0 Å². The van der Waals surface area contributed by atoms with Gasteiger partial charge in [0.1, 0.15) is 0 Å². The Hall–Kier alpha value is -0.820. The summed E-state index contributed by atoms with van der Waals surface area (Å²) in [5, 5.41) is 3.63. The van der Waals surface area contributed by atoms with Gasteiger partial charge in [0.15, 0.2) is 0 Å². The van der Waals surface area contributed by atoms with Crippen molar-refractivity contribution in [1.82, 2.24) is 5.32 Å². The number of hydrogen-bond donors (Lipinski definition) is 1. The van der Waals surface area contributed by atoms with Crippen molar-refractivity contribution in [2.75, 3.05) is 6.54 Å². The molecule has 102 valence electrons. The highest BCUT2D eigenvalue weighted by molar-refractivity contribution is 5.32. The van der Waals surface area contributed by atoms with Gasteiger partial charge in [0, 0.05) is 6.04 Å². The Kier molecular flexibility index (Phi) is 6.42. The number of aryl methyl sites for hydroxylation is 2. The van der Waals surface area contributed by atoms with E-state index in [9.17, 15) is 0 Å². The van der Waals surface area contributed by atoms with Gasteiger partial charge in [0.2, 0.25) is 0 Å². The highest BCUT2D eigenvalue weighted by atomic mass is 14.9. The quantitative estimate of drug-likeness (QED) is 0.684. The molecule has 1 atom stereocenters. The molecular weight excluding hydrogens is 218 g/mol. The highest BCUT2D eigenvalue weighted by Crippen LogP contribution is 2.18. The first-order chi connectivity index (χ1) is 8.50. The lowest BCUT2D eigenvalue weighted by molar-refractivity contribution is 0.497. The molecule has 0 heterocycles. The van der Waals surface area contributed by atoms with Crippen LogP contribution in [0.5, 0.6) is 0 Å². The second kappa shape index (κ2) is 7.58. The second-order valence-electron chi connectivity index (χ2n) is 5.93. The Bertz CT molecular complexity index is 355. The first-order valence-corrected chi connectivity index (χ1v) is 7.31. The van der Waals surface area contributed by atoms with Gasteiger partial charge in [-0.3, -0.25) is 0 Å². The summed E-state index contributed by atoms with van der Waals surface area (Å²) in [5.41, 5.74) is 4.18. The lowest BCUT2D eigenvalue weighted by atomic mass is 10.00. The molecule has 0 saturated carbocycles. The third-order valence-corrected chi connectivity index (χ3v) is 3.55. The van der Waals surface area contributed by atoms with Crippen LogP contribution in [0.15, 0.2) is 18.2 Å². The van der Waals surface area contributed by atoms with Crippen LogP contribution in [0.25, 0.3) is 0 Å². The predicted octanol–water partition coefficient (Wildman–Crippen LogP) is 4.78.